The first-order valence-electron chi connectivity index (χ1n) is 8.90. The average Bonchev–Trinajstić information content (AvgIpc) is 2.68. The highest BCUT2D eigenvalue weighted by molar-refractivity contribution is 5.91. The van der Waals surface area contributed by atoms with Crippen LogP contribution in [0.5, 0.6) is 0 Å². The fourth-order valence-electron chi connectivity index (χ4n) is 3.02. The van der Waals surface area contributed by atoms with E-state index in [4.69, 9.17) is 4.74 Å². The van der Waals surface area contributed by atoms with Crippen molar-refractivity contribution in [2.24, 2.45) is 5.92 Å². The fourth-order valence-corrected chi connectivity index (χ4v) is 3.02. The van der Waals surface area contributed by atoms with Crippen LogP contribution in [0.1, 0.15) is 25.3 Å². The van der Waals surface area contributed by atoms with Crippen LogP contribution < -0.4 is 10.2 Å². The molecule has 2 heterocycles. The Balaban J connectivity index is 1.61. The number of hydrogen-bond acceptors (Lipinski definition) is 4. The second kappa shape index (κ2) is 8.62. The van der Waals surface area contributed by atoms with E-state index in [1.165, 1.54) is 5.56 Å². The van der Waals surface area contributed by atoms with Crippen molar-refractivity contribution in [3.05, 3.63) is 54.2 Å². The van der Waals surface area contributed by atoms with Gasteiger partial charge in [-0.15, -0.1) is 0 Å². The summed E-state index contributed by atoms with van der Waals surface area (Å²) in [5.74, 6) is 0.677. The first-order valence-corrected chi connectivity index (χ1v) is 8.90. The molecule has 5 nitrogen and oxygen atoms in total. The number of aromatic nitrogens is 1. The van der Waals surface area contributed by atoms with Crippen molar-refractivity contribution in [2.45, 2.75) is 26.3 Å². The smallest absolute Gasteiger partial charge is 0.228 e. The molecule has 1 aliphatic heterocycles. The molecule has 132 valence electrons. The van der Waals surface area contributed by atoms with Crippen LogP contribution in [-0.4, -0.2) is 30.6 Å². The fraction of sp³-hybridized carbons (Fsp3) is 0.400. The molecule has 1 aromatic heterocycles. The Morgan fingerprint density at radius 3 is 2.60 bits per heavy atom. The zero-order valence-electron chi connectivity index (χ0n) is 14.6. The lowest BCUT2D eigenvalue weighted by Crippen LogP contribution is -2.29. The van der Waals surface area contributed by atoms with Crippen molar-refractivity contribution in [3.63, 3.8) is 0 Å². The highest BCUT2D eigenvalue weighted by Gasteiger charge is 2.21. The monoisotopic (exact) mass is 339 g/mol. The quantitative estimate of drug-likeness (QED) is 0.875. The molecular weight excluding hydrogens is 314 g/mol. The van der Waals surface area contributed by atoms with Gasteiger partial charge in [0.2, 0.25) is 5.91 Å². The highest BCUT2D eigenvalue weighted by Crippen LogP contribution is 2.20. The maximum absolute atomic E-state index is 12.3. The number of pyridine rings is 1. The lowest BCUT2D eigenvalue weighted by atomic mass is 9.99. The second-order valence-corrected chi connectivity index (χ2v) is 6.28. The minimum Gasteiger partial charge on any atom is -0.381 e. The van der Waals surface area contributed by atoms with Crippen LogP contribution in [0.25, 0.3) is 0 Å². The average molecular weight is 339 g/mol. The van der Waals surface area contributed by atoms with E-state index in [1.54, 1.807) is 0 Å². The number of nitrogens with zero attached hydrogens (tertiary/aromatic N) is 2. The molecule has 1 fully saturated rings. The van der Waals surface area contributed by atoms with E-state index in [9.17, 15) is 4.79 Å². The Morgan fingerprint density at radius 1 is 1.20 bits per heavy atom. The van der Waals surface area contributed by atoms with E-state index in [2.05, 4.69) is 46.4 Å². The minimum atomic E-state index is 0.0282. The van der Waals surface area contributed by atoms with E-state index >= 15 is 0 Å². The van der Waals surface area contributed by atoms with Gasteiger partial charge in [-0.3, -0.25) is 4.79 Å². The Hall–Kier alpha value is -2.40. The molecule has 3 rings (SSSR count). The molecular formula is C20H25N3O2. The van der Waals surface area contributed by atoms with E-state index in [-0.39, 0.29) is 11.8 Å². The molecule has 0 atom stereocenters. The molecule has 5 heteroatoms. The number of carbonyl (C=O) groups is 1. The predicted octanol–water partition coefficient (Wildman–Crippen LogP) is 3.47. The lowest BCUT2D eigenvalue weighted by molar-refractivity contribution is -0.122. The van der Waals surface area contributed by atoms with Crippen molar-refractivity contribution >= 4 is 17.4 Å². The first kappa shape index (κ1) is 17.4. The summed E-state index contributed by atoms with van der Waals surface area (Å²) in [7, 11) is 0. The van der Waals surface area contributed by atoms with Crippen molar-refractivity contribution in [1.82, 2.24) is 4.98 Å². The molecule has 1 N–H and O–H groups in total. The normalized spacial score (nSPS) is 14.9. The van der Waals surface area contributed by atoms with Crippen LogP contribution in [0.4, 0.5) is 11.5 Å². The summed E-state index contributed by atoms with van der Waals surface area (Å²) in [5, 5.41) is 2.92. The zero-order valence-corrected chi connectivity index (χ0v) is 14.6. The third-order valence-electron chi connectivity index (χ3n) is 4.55. The van der Waals surface area contributed by atoms with Gasteiger partial charge in [-0.1, -0.05) is 30.3 Å². The van der Waals surface area contributed by atoms with Crippen molar-refractivity contribution in [3.8, 4) is 0 Å². The van der Waals surface area contributed by atoms with Crippen LogP contribution in [0.15, 0.2) is 48.7 Å². The number of amides is 1. The van der Waals surface area contributed by atoms with Gasteiger partial charge in [0, 0.05) is 32.2 Å². The van der Waals surface area contributed by atoms with Gasteiger partial charge in [0.05, 0.1) is 11.9 Å². The number of carbonyl (C=O) groups excluding carboxylic acids is 1. The Labute approximate surface area is 149 Å². The second-order valence-electron chi connectivity index (χ2n) is 6.28. The largest absolute Gasteiger partial charge is 0.381 e. The number of hydrogen-bond donors (Lipinski definition) is 1. The number of rotatable bonds is 6. The van der Waals surface area contributed by atoms with Gasteiger partial charge >= 0.3 is 0 Å². The first-order chi connectivity index (χ1) is 12.3. The van der Waals surface area contributed by atoms with Gasteiger partial charge < -0.3 is 15.0 Å². The van der Waals surface area contributed by atoms with Gasteiger partial charge in [-0.25, -0.2) is 4.98 Å². The van der Waals surface area contributed by atoms with Crippen molar-refractivity contribution < 1.29 is 9.53 Å². The van der Waals surface area contributed by atoms with Gasteiger partial charge in [-0.05, 0) is 37.5 Å². The standard InChI is InChI=1S/C20H25N3O2/c1-2-23(15-16-6-4-3-5-7-16)18-8-9-19(21-14-18)22-20(24)17-10-12-25-13-11-17/h3-9,14,17H,2,10-13,15H2,1H3,(H,21,22,24). The number of anilines is 2. The maximum atomic E-state index is 12.3. The Morgan fingerprint density at radius 2 is 1.96 bits per heavy atom. The number of nitrogens with one attached hydrogen (secondary N) is 1. The van der Waals surface area contributed by atoms with E-state index in [0.717, 1.165) is 31.6 Å². The molecule has 1 aromatic carbocycles. The predicted molar refractivity (Wildman–Crippen MR) is 99.6 cm³/mol. The van der Waals surface area contributed by atoms with Crippen LogP contribution in [-0.2, 0) is 16.1 Å². The van der Waals surface area contributed by atoms with E-state index in [0.29, 0.717) is 19.0 Å². The third-order valence-corrected chi connectivity index (χ3v) is 4.55. The number of benzene rings is 1. The summed E-state index contributed by atoms with van der Waals surface area (Å²) >= 11 is 0. The van der Waals surface area contributed by atoms with Gasteiger partial charge in [-0.2, -0.15) is 0 Å². The maximum Gasteiger partial charge on any atom is 0.228 e. The van der Waals surface area contributed by atoms with Gasteiger partial charge in [0.15, 0.2) is 0 Å². The zero-order chi connectivity index (χ0) is 17.5. The molecule has 1 aliphatic rings. The molecule has 0 saturated carbocycles. The lowest BCUT2D eigenvalue weighted by Gasteiger charge is -2.23. The topological polar surface area (TPSA) is 54.5 Å². The Bertz CT molecular complexity index is 667. The summed E-state index contributed by atoms with van der Waals surface area (Å²) in [6.07, 6.45) is 3.39. The highest BCUT2D eigenvalue weighted by atomic mass is 16.5. The summed E-state index contributed by atoms with van der Waals surface area (Å²) < 4.78 is 5.30. The van der Waals surface area contributed by atoms with Gasteiger partial charge in [0.1, 0.15) is 5.82 Å². The molecule has 0 spiro atoms. The van der Waals surface area contributed by atoms with Crippen molar-refractivity contribution in [2.75, 3.05) is 30.0 Å². The molecule has 1 amide bonds. The van der Waals surface area contributed by atoms with E-state index in [1.807, 2.05) is 24.4 Å². The number of ether oxygens (including phenoxy) is 1. The molecule has 0 aliphatic carbocycles. The van der Waals surface area contributed by atoms with Crippen LogP contribution in [0, 0.1) is 5.92 Å². The summed E-state index contributed by atoms with van der Waals surface area (Å²) in [6, 6.07) is 14.3. The van der Waals surface area contributed by atoms with Crippen LogP contribution in [0.2, 0.25) is 0 Å². The van der Waals surface area contributed by atoms with Crippen molar-refractivity contribution in [1.29, 1.82) is 0 Å². The van der Waals surface area contributed by atoms with Crippen LogP contribution in [0.3, 0.4) is 0 Å². The SMILES string of the molecule is CCN(Cc1ccccc1)c1ccc(NC(=O)C2CCOCC2)nc1. The summed E-state index contributed by atoms with van der Waals surface area (Å²) in [6.45, 7) is 5.19. The molecule has 0 radical (unpaired) electrons. The van der Waals surface area contributed by atoms with Gasteiger partial charge in [0.25, 0.3) is 0 Å². The Kier molecular flexibility index (Phi) is 6.01. The van der Waals surface area contributed by atoms with E-state index < -0.39 is 0 Å². The minimum absolute atomic E-state index is 0.0282. The molecule has 0 bridgehead atoms. The third kappa shape index (κ3) is 4.79. The summed E-state index contributed by atoms with van der Waals surface area (Å²) in [4.78, 5) is 18.9. The molecule has 1 saturated heterocycles. The summed E-state index contributed by atoms with van der Waals surface area (Å²) in [5.41, 5.74) is 2.32. The van der Waals surface area contributed by atoms with Crippen LogP contribution >= 0.6 is 0 Å². The molecule has 0 unspecified atom stereocenters. The molecule has 25 heavy (non-hydrogen) atoms. The molecule has 2 aromatic rings.